The molecule has 3 heterocycles. The first kappa shape index (κ1) is 27.1. The van der Waals surface area contributed by atoms with Gasteiger partial charge in [-0.3, -0.25) is 14.3 Å². The van der Waals surface area contributed by atoms with Gasteiger partial charge in [-0.2, -0.15) is 0 Å². The van der Waals surface area contributed by atoms with Gasteiger partial charge >= 0.3 is 11.7 Å². The number of H-pyrrole nitrogens is 1. The first-order valence-corrected chi connectivity index (χ1v) is 13.7. The molecule has 3 rings (SSSR count). The largest absolute Gasteiger partial charge is 1.00 e. The third-order valence-electron chi connectivity index (χ3n) is 4.90. The van der Waals surface area contributed by atoms with Crippen molar-refractivity contribution in [3.63, 3.8) is 0 Å². The lowest BCUT2D eigenvalue weighted by Gasteiger charge is -2.18. The zero-order chi connectivity index (χ0) is 23.6. The summed E-state index contributed by atoms with van der Waals surface area (Å²) in [6.07, 6.45) is -0.0213. The van der Waals surface area contributed by atoms with Crippen molar-refractivity contribution in [1.82, 2.24) is 9.55 Å². The zero-order valence-electron chi connectivity index (χ0n) is 18.7. The SMILES string of the molecule is C[n+]1cccc(C(=O)O[C@H]2[C@@H](F)[C@H](n3cc(C=C[Si](C)(C)C)c(=O)[nH]c3=O)O[C@@H]2CO)c1.[I-]. The van der Waals surface area contributed by atoms with Gasteiger partial charge in [0.15, 0.2) is 30.9 Å². The van der Waals surface area contributed by atoms with Gasteiger partial charge in [-0.25, -0.2) is 18.5 Å². The van der Waals surface area contributed by atoms with Gasteiger partial charge in [-0.1, -0.05) is 31.4 Å². The van der Waals surface area contributed by atoms with Crippen molar-refractivity contribution < 1.29 is 52.3 Å². The molecule has 12 heteroatoms. The molecule has 0 aliphatic carbocycles. The molecule has 1 saturated heterocycles. The number of nitrogens with zero attached hydrogens (tertiary/aromatic N) is 2. The van der Waals surface area contributed by atoms with Gasteiger partial charge in [-0.05, 0) is 6.07 Å². The minimum atomic E-state index is -1.95. The summed E-state index contributed by atoms with van der Waals surface area (Å²) in [5.41, 5.74) is 0.803. The average molecular weight is 591 g/mol. The second-order valence-corrected chi connectivity index (χ2v) is 13.8. The molecule has 1 aliphatic heterocycles. The first-order chi connectivity index (χ1) is 15.0. The Balaban J connectivity index is 0.00000385. The van der Waals surface area contributed by atoms with E-state index in [0.717, 1.165) is 4.57 Å². The van der Waals surface area contributed by atoms with Gasteiger partial charge in [0, 0.05) is 12.3 Å². The van der Waals surface area contributed by atoms with E-state index in [9.17, 15) is 19.5 Å². The molecule has 0 saturated carbocycles. The molecule has 1 aliphatic rings. The fourth-order valence-corrected chi connectivity index (χ4v) is 3.93. The van der Waals surface area contributed by atoms with Crippen LogP contribution in [0.3, 0.4) is 0 Å². The van der Waals surface area contributed by atoms with Crippen molar-refractivity contribution in [3.05, 3.63) is 68.4 Å². The number of pyridine rings is 1. The van der Waals surface area contributed by atoms with Crippen molar-refractivity contribution in [1.29, 1.82) is 0 Å². The predicted molar refractivity (Wildman–Crippen MR) is 116 cm³/mol. The van der Waals surface area contributed by atoms with E-state index in [1.807, 2.05) is 5.70 Å². The van der Waals surface area contributed by atoms with Crippen LogP contribution in [0.4, 0.5) is 4.39 Å². The molecule has 0 unspecified atom stereocenters. The van der Waals surface area contributed by atoms with E-state index in [4.69, 9.17) is 9.47 Å². The van der Waals surface area contributed by atoms with Crippen LogP contribution in [0.15, 0.2) is 46.0 Å². The molecule has 9 nitrogen and oxygen atoms in total. The van der Waals surface area contributed by atoms with Crippen LogP contribution in [-0.4, -0.2) is 53.7 Å². The summed E-state index contributed by atoms with van der Waals surface area (Å²) in [5.74, 6) is -0.788. The smallest absolute Gasteiger partial charge is 0.344 e. The molecular formula is C21H27FIN3O6Si. The first-order valence-electron chi connectivity index (χ1n) is 10.1. The Morgan fingerprint density at radius 1 is 1.39 bits per heavy atom. The fraction of sp³-hybridized carbons (Fsp3) is 0.429. The zero-order valence-corrected chi connectivity index (χ0v) is 21.9. The van der Waals surface area contributed by atoms with Crippen LogP contribution in [-0.2, 0) is 16.5 Å². The lowest BCUT2D eigenvalue weighted by molar-refractivity contribution is -0.671. The van der Waals surface area contributed by atoms with Gasteiger partial charge < -0.3 is 38.6 Å². The molecule has 0 radical (unpaired) electrons. The number of nitrogens with one attached hydrogen (secondary N) is 1. The van der Waals surface area contributed by atoms with Gasteiger partial charge in [-0.15, -0.1) is 0 Å². The third kappa shape index (κ3) is 6.46. The number of aliphatic hydroxyl groups is 1. The third-order valence-corrected chi connectivity index (χ3v) is 6.06. The number of carbonyl (C=O) groups excluding carboxylic acids is 1. The molecule has 0 amide bonds. The highest BCUT2D eigenvalue weighted by molar-refractivity contribution is 6.81. The molecule has 4 atom stereocenters. The highest BCUT2D eigenvalue weighted by Crippen LogP contribution is 2.33. The number of halogens is 2. The summed E-state index contributed by atoms with van der Waals surface area (Å²) >= 11 is 0. The standard InChI is InChI=1S/C21H26FN3O6Si.HI/c1-24-8-5-6-14(10-24)20(28)31-17-15(12-26)30-19(16(17)22)25-11-13(7-9-32(2,3)4)18(27)23-21(25)29;/h5-11,15-17,19,26H,12H2,1-4H3;1H/t15-,16-,17-,19-;/m1./s1. The minimum Gasteiger partial charge on any atom is -1.00 e. The molecule has 2 aromatic heterocycles. The lowest BCUT2D eigenvalue weighted by Crippen LogP contribution is -3.00. The Morgan fingerprint density at radius 3 is 2.70 bits per heavy atom. The minimum absolute atomic E-state index is 0. The predicted octanol–water partition coefficient (Wildman–Crippen LogP) is -2.29. The number of ether oxygens (including phenoxy) is 2. The highest BCUT2D eigenvalue weighted by Gasteiger charge is 2.49. The molecule has 0 aromatic carbocycles. The van der Waals surface area contributed by atoms with Gasteiger partial charge in [0.25, 0.3) is 5.56 Å². The molecule has 180 valence electrons. The Hall–Kier alpha value is -2.16. The highest BCUT2D eigenvalue weighted by atomic mass is 127. The number of hydrogen-bond donors (Lipinski definition) is 2. The number of rotatable bonds is 6. The summed E-state index contributed by atoms with van der Waals surface area (Å²) in [6.45, 7) is 5.59. The van der Waals surface area contributed by atoms with Crippen molar-refractivity contribution >= 4 is 20.1 Å². The summed E-state index contributed by atoms with van der Waals surface area (Å²) in [7, 11) is 0.0793. The average Bonchev–Trinajstić information content (AvgIpc) is 3.02. The molecule has 2 N–H and O–H groups in total. The number of hydrogen-bond acceptors (Lipinski definition) is 6. The van der Waals surface area contributed by atoms with Crippen LogP contribution in [0, 0.1) is 0 Å². The Bertz CT molecular complexity index is 1150. The Labute approximate surface area is 207 Å². The topological polar surface area (TPSA) is 114 Å². The molecule has 33 heavy (non-hydrogen) atoms. The number of alkyl halides is 1. The lowest BCUT2D eigenvalue weighted by atomic mass is 10.1. The number of aryl methyl sites for hydroxylation is 1. The van der Waals surface area contributed by atoms with E-state index in [-0.39, 0.29) is 35.1 Å². The molecule has 0 bridgehead atoms. The summed E-state index contributed by atoms with van der Waals surface area (Å²) in [5, 5.41) is 9.65. The van der Waals surface area contributed by atoms with Crippen LogP contribution in [0.2, 0.25) is 19.6 Å². The van der Waals surface area contributed by atoms with E-state index in [1.165, 1.54) is 18.5 Å². The fourth-order valence-electron chi connectivity index (χ4n) is 3.25. The van der Waals surface area contributed by atoms with E-state index in [1.54, 1.807) is 30.0 Å². The number of aromatic amines is 1. The Kier molecular flexibility index (Phi) is 8.90. The Morgan fingerprint density at radius 2 is 2.09 bits per heavy atom. The van der Waals surface area contributed by atoms with E-state index < -0.39 is 56.5 Å². The second-order valence-electron chi connectivity index (χ2n) is 8.77. The normalized spacial score (nSPS) is 22.8. The maximum absolute atomic E-state index is 15.3. The number of aliphatic hydroxyl groups excluding tert-OH is 1. The van der Waals surface area contributed by atoms with Crippen molar-refractivity contribution in [2.45, 2.75) is 44.2 Å². The van der Waals surface area contributed by atoms with E-state index >= 15 is 4.39 Å². The van der Waals surface area contributed by atoms with Crippen LogP contribution in [0.1, 0.15) is 22.1 Å². The summed E-state index contributed by atoms with van der Waals surface area (Å²) in [6, 6.07) is 3.15. The second kappa shape index (κ2) is 10.8. The number of aromatic nitrogens is 3. The van der Waals surface area contributed by atoms with Crippen LogP contribution in [0.5, 0.6) is 0 Å². The number of esters is 1. The molecule has 2 aromatic rings. The molecule has 0 spiro atoms. The van der Waals surface area contributed by atoms with E-state index in [2.05, 4.69) is 24.6 Å². The van der Waals surface area contributed by atoms with E-state index in [0.29, 0.717) is 0 Å². The van der Waals surface area contributed by atoms with Crippen LogP contribution < -0.4 is 39.8 Å². The summed E-state index contributed by atoms with van der Waals surface area (Å²) < 4.78 is 28.7. The number of carbonyl (C=O) groups is 1. The quantitative estimate of drug-likeness (QED) is 0.169. The monoisotopic (exact) mass is 591 g/mol. The van der Waals surface area contributed by atoms with Gasteiger partial charge in [0.05, 0.1) is 20.2 Å². The van der Waals surface area contributed by atoms with Crippen molar-refractivity contribution in [2.75, 3.05) is 6.61 Å². The maximum Gasteiger partial charge on any atom is 0.344 e. The van der Waals surface area contributed by atoms with Gasteiger partial charge in [0.1, 0.15) is 18.7 Å². The van der Waals surface area contributed by atoms with Crippen molar-refractivity contribution in [3.8, 4) is 0 Å². The molecule has 1 fully saturated rings. The van der Waals surface area contributed by atoms with Gasteiger partial charge in [0.2, 0.25) is 0 Å². The molecular weight excluding hydrogens is 564 g/mol. The van der Waals surface area contributed by atoms with Crippen LogP contribution in [0.25, 0.3) is 6.08 Å². The summed E-state index contributed by atoms with van der Waals surface area (Å²) in [4.78, 5) is 39.2. The maximum atomic E-state index is 15.3. The van der Waals surface area contributed by atoms with Crippen molar-refractivity contribution in [2.24, 2.45) is 7.05 Å². The van der Waals surface area contributed by atoms with Crippen LogP contribution >= 0.6 is 0 Å².